The summed E-state index contributed by atoms with van der Waals surface area (Å²) in [7, 11) is 0. The number of hydrogen-bond acceptors (Lipinski definition) is 12. The summed E-state index contributed by atoms with van der Waals surface area (Å²) in [5.41, 5.74) is 12.6. The summed E-state index contributed by atoms with van der Waals surface area (Å²) < 4.78 is 2.34. The fraction of sp³-hybridized carbons (Fsp3) is 0.111. The molecule has 0 radical (unpaired) electrons. The number of nitrogens with zero attached hydrogens (tertiary/aromatic N) is 7. The van der Waals surface area contributed by atoms with Gasteiger partial charge in [0.05, 0.1) is 26.1 Å². The van der Waals surface area contributed by atoms with Crippen molar-refractivity contribution in [2.24, 2.45) is 15.3 Å². The van der Waals surface area contributed by atoms with Gasteiger partial charge in [0, 0.05) is 17.5 Å². The maximum absolute atomic E-state index is 4.74. The van der Waals surface area contributed by atoms with Gasteiger partial charge in [-0.05, 0) is 47.5 Å². The van der Waals surface area contributed by atoms with E-state index in [1.807, 2.05) is 108 Å². The molecule has 0 aliphatic heterocycles. The quantitative estimate of drug-likeness (QED) is 0.0355. The van der Waals surface area contributed by atoms with Crippen LogP contribution >= 0.6 is 34.0 Å². The van der Waals surface area contributed by atoms with Crippen LogP contribution in [0.15, 0.2) is 166 Å². The number of anilines is 3. The van der Waals surface area contributed by atoms with E-state index in [2.05, 4.69) is 116 Å². The molecule has 0 saturated carbocycles. The van der Waals surface area contributed by atoms with Crippen LogP contribution in [-0.4, -0.2) is 40.1 Å². The minimum Gasteiger partial charge on any atom is -0.286 e. The molecule has 0 atom stereocenters. The first-order chi connectivity index (χ1) is 32.7. The molecule has 0 fully saturated rings. The van der Waals surface area contributed by atoms with E-state index < -0.39 is 0 Å². The molecular weight excluding hydrogens is 1110 g/mol. The third-order valence-electron chi connectivity index (χ3n) is 9.64. The van der Waals surface area contributed by atoms with E-state index in [0.29, 0.717) is 0 Å². The number of fused-ring (bicyclic) bond motifs is 3. The van der Waals surface area contributed by atoms with Gasteiger partial charge in [0.2, 0.25) is 15.4 Å². The van der Waals surface area contributed by atoms with Gasteiger partial charge in [-0.3, -0.25) is 102 Å². The fourth-order valence-corrected chi connectivity index (χ4v) is 8.79. The number of aromatic nitrogens is 3. The van der Waals surface area contributed by atoms with Crippen LogP contribution in [0, 0.1) is 36.4 Å². The van der Waals surface area contributed by atoms with Gasteiger partial charge in [0.25, 0.3) is 0 Å². The van der Waals surface area contributed by atoms with Crippen LogP contribution in [0.2, 0.25) is 0 Å². The monoisotopic (exact) mass is 1150 g/mol. The van der Waals surface area contributed by atoms with E-state index in [1.165, 1.54) is 46.1 Å². The van der Waals surface area contributed by atoms with Gasteiger partial charge in [-0.15, -0.1) is 11.3 Å². The van der Waals surface area contributed by atoms with Crippen molar-refractivity contribution in [2.45, 2.75) is 32.6 Å². The molecule has 0 bridgehead atoms. The SMILES string of the molecule is CCCCCCN(/N=C/c1[c-]cc[c-]c1)c1nc2ccccc2s1.[K+].[K+].[K+].[K+].[K+].[K+].[c-]1cc[c-]c(/C=N/Nc2nc(-c3ccc4ccccc4c3)cs2)c1.[c-]1cc[c-]c(/C=N/Nc2nc3ccccc3s2)c1. The summed E-state index contributed by atoms with van der Waals surface area (Å²) in [4.78, 5) is 13.8. The minimum atomic E-state index is 0. The van der Waals surface area contributed by atoms with Gasteiger partial charge in [0.15, 0.2) is 0 Å². The van der Waals surface area contributed by atoms with Crippen LogP contribution in [0.25, 0.3) is 42.5 Å². The molecule has 0 amide bonds. The Morgan fingerprint density at radius 2 is 1.11 bits per heavy atom. The van der Waals surface area contributed by atoms with Crippen molar-refractivity contribution < 1.29 is 308 Å². The Balaban J connectivity index is 0.000000359. The van der Waals surface area contributed by atoms with E-state index in [4.69, 9.17) is 4.98 Å². The first-order valence-corrected chi connectivity index (χ1v) is 23.9. The third kappa shape index (κ3) is 23.9. The van der Waals surface area contributed by atoms with Crippen LogP contribution in [0.5, 0.6) is 0 Å². The predicted octanol–water partition coefficient (Wildman–Crippen LogP) is -4.31. The number of thiazole rings is 3. The normalized spacial score (nSPS) is 10.3. The van der Waals surface area contributed by atoms with Gasteiger partial charge in [-0.25, -0.2) is 52.0 Å². The third-order valence-corrected chi connectivity index (χ3v) is 12.4. The Bertz CT molecular complexity index is 3070. The number of benzene rings is 7. The van der Waals surface area contributed by atoms with Crippen LogP contribution in [0.3, 0.4) is 0 Å². The van der Waals surface area contributed by atoms with Crippen molar-refractivity contribution in [1.29, 1.82) is 0 Å². The Kier molecular flexibility index (Phi) is 39.8. The summed E-state index contributed by atoms with van der Waals surface area (Å²) >= 11 is 4.80. The van der Waals surface area contributed by atoms with Crippen molar-refractivity contribution >= 4 is 99.3 Å². The Morgan fingerprint density at radius 3 is 1.69 bits per heavy atom. The number of hydrazone groups is 3. The van der Waals surface area contributed by atoms with E-state index in [9.17, 15) is 0 Å². The average Bonchev–Trinajstić information content (AvgIpc) is 4.14. The van der Waals surface area contributed by atoms with Crippen LogP contribution in [0.1, 0.15) is 49.3 Å². The first kappa shape index (κ1) is 70.5. The van der Waals surface area contributed by atoms with Gasteiger partial charge in [-0.2, -0.15) is 0 Å². The molecule has 2 N–H and O–H groups in total. The second-order valence-electron chi connectivity index (χ2n) is 14.5. The molecule has 72 heavy (non-hydrogen) atoms. The zero-order valence-corrected chi connectivity index (χ0v) is 63.2. The summed E-state index contributed by atoms with van der Waals surface area (Å²) in [5, 5.41) is 22.0. The molecule has 9 nitrogen and oxygen atoms in total. The van der Waals surface area contributed by atoms with E-state index in [-0.39, 0.29) is 308 Å². The minimum absolute atomic E-state index is 0. The Morgan fingerprint density at radius 1 is 0.556 bits per heavy atom. The van der Waals surface area contributed by atoms with Crippen LogP contribution < -0.4 is 324 Å². The number of hydrogen-bond donors (Lipinski definition) is 2. The largest absolute Gasteiger partial charge is 1.00 e. The van der Waals surface area contributed by atoms with Crippen molar-refractivity contribution in [1.82, 2.24) is 15.0 Å². The first-order valence-electron chi connectivity index (χ1n) is 21.4. The fourth-order valence-electron chi connectivity index (χ4n) is 6.35. The summed E-state index contributed by atoms with van der Waals surface area (Å²) in [6.07, 6.45) is 10.1. The molecule has 0 spiro atoms. The molecule has 10 aromatic rings. The average molecular weight is 1150 g/mol. The van der Waals surface area contributed by atoms with Crippen LogP contribution in [-0.2, 0) is 0 Å². The second-order valence-corrected chi connectivity index (χ2v) is 17.3. The summed E-state index contributed by atoms with van der Waals surface area (Å²) in [6.45, 7) is 3.11. The summed E-state index contributed by atoms with van der Waals surface area (Å²) in [5.74, 6) is 0. The molecule has 3 heterocycles. The Hall–Kier alpha value is 2.44. The van der Waals surface area contributed by atoms with Crippen LogP contribution in [0.4, 0.5) is 15.4 Å². The maximum atomic E-state index is 4.74. The van der Waals surface area contributed by atoms with Gasteiger partial charge in [0.1, 0.15) is 0 Å². The molecule has 3 aromatic heterocycles. The molecule has 18 heteroatoms. The number of para-hydroxylation sites is 2. The second kappa shape index (κ2) is 40.6. The molecule has 0 aliphatic rings. The topological polar surface area (TPSA) is 103 Å². The van der Waals surface area contributed by atoms with Gasteiger partial charge < -0.3 is 0 Å². The van der Waals surface area contributed by atoms with Crippen molar-refractivity contribution in [2.75, 3.05) is 22.4 Å². The number of rotatable bonds is 15. The number of unbranched alkanes of at least 4 members (excludes halogenated alkanes) is 3. The number of nitrogens with one attached hydrogen (secondary N) is 2. The van der Waals surface area contributed by atoms with Crippen molar-refractivity contribution in [3.63, 3.8) is 0 Å². The summed E-state index contributed by atoms with van der Waals surface area (Å²) in [6, 6.07) is 65.7. The molecule has 328 valence electrons. The van der Waals surface area contributed by atoms with E-state index >= 15 is 0 Å². The van der Waals surface area contributed by atoms with Gasteiger partial charge >= 0.3 is 308 Å². The maximum Gasteiger partial charge on any atom is 1.00 e. The van der Waals surface area contributed by atoms with Gasteiger partial charge in [-0.1, -0.05) is 128 Å². The van der Waals surface area contributed by atoms with E-state index in [0.717, 1.165) is 72.0 Å². The molecule has 10 rings (SSSR count). The zero-order chi connectivity index (χ0) is 45.0. The molecule has 0 saturated heterocycles. The predicted molar refractivity (Wildman–Crippen MR) is 278 cm³/mol. The molecular formula is C54H43K6N9S3. The van der Waals surface area contributed by atoms with Crippen molar-refractivity contribution in [3.05, 3.63) is 204 Å². The molecule has 0 unspecified atom stereocenters. The standard InChI is InChI=1S/C20H13N3S.C20H21N3S.C14H9N3S.6K/c1-2-6-15(7-3-1)13-21-23-20-22-19(14-24-20)18-11-10-16-8-4-5-9-17(16)12-18;1-2-3-4-10-15-23(21-16-17-11-6-5-7-12-17)20-22-18-13-8-9-14-19(18)24-20;1-2-6-11(7-3-1)10-15-17-14-16-12-8-4-5-9-13(12)18-14;;;;;;/h1-2,4-5,7-14H,(H,22,23);5-6,8-9,12-14,16H,2-4,10,15H2,1H3;1-2,4-5,7-10H,(H,16,17);;;;;;/q3*-2;6*+1/b21-13+;21-16+;15-10+;;;;;;. The van der Waals surface area contributed by atoms with E-state index in [1.54, 1.807) is 53.3 Å². The smallest absolute Gasteiger partial charge is 0.286 e. The molecule has 0 aliphatic carbocycles. The molecule has 7 aromatic carbocycles. The van der Waals surface area contributed by atoms with Crippen molar-refractivity contribution in [3.8, 4) is 11.3 Å². The zero-order valence-electron chi connectivity index (χ0n) is 42.1. The Labute approximate surface area is 691 Å².